The Morgan fingerprint density at radius 2 is 1.79 bits per heavy atom. The molecule has 0 aliphatic heterocycles. The van der Waals surface area contributed by atoms with Crippen LogP contribution in [0.2, 0.25) is 0 Å². The van der Waals surface area contributed by atoms with Crippen LogP contribution in [-0.2, 0) is 0 Å². The highest BCUT2D eigenvalue weighted by Gasteiger charge is 2.17. The lowest BCUT2D eigenvalue weighted by Crippen LogP contribution is -2.26. The molecule has 0 fully saturated rings. The van der Waals surface area contributed by atoms with Gasteiger partial charge in [0.2, 0.25) is 0 Å². The second-order valence-corrected chi connectivity index (χ2v) is 5.68. The number of hydrogen-bond donors (Lipinski definition) is 2. The van der Waals surface area contributed by atoms with Crippen molar-refractivity contribution >= 4 is 5.82 Å². The Bertz CT molecular complexity index is 550. The zero-order valence-corrected chi connectivity index (χ0v) is 12.2. The fraction of sp³-hybridized carbons (Fsp3) is 0.400. The standard InChI is InChI=1S/C15H21N3O/c1-10-13(11-6-8-12(19-5)9-7-11)14(18-17-10)16-15(2,3)4/h6-9H,1-5H3,(H2,16,17,18). The highest BCUT2D eigenvalue weighted by Crippen LogP contribution is 2.32. The number of anilines is 1. The van der Waals surface area contributed by atoms with Crippen LogP contribution in [0.25, 0.3) is 11.1 Å². The number of ether oxygens (including phenoxy) is 1. The van der Waals surface area contributed by atoms with Crippen LogP contribution in [-0.4, -0.2) is 22.8 Å². The summed E-state index contributed by atoms with van der Waals surface area (Å²) in [4.78, 5) is 0. The maximum absolute atomic E-state index is 5.19. The van der Waals surface area contributed by atoms with Crippen LogP contribution in [0.3, 0.4) is 0 Å². The van der Waals surface area contributed by atoms with E-state index in [1.807, 2.05) is 31.2 Å². The highest BCUT2D eigenvalue weighted by molar-refractivity contribution is 5.78. The van der Waals surface area contributed by atoms with Gasteiger partial charge in [0.1, 0.15) is 5.75 Å². The first-order valence-corrected chi connectivity index (χ1v) is 6.38. The maximum atomic E-state index is 5.19. The van der Waals surface area contributed by atoms with Crippen molar-refractivity contribution in [1.29, 1.82) is 0 Å². The molecule has 4 nitrogen and oxygen atoms in total. The van der Waals surface area contributed by atoms with Crippen molar-refractivity contribution in [3.8, 4) is 16.9 Å². The van der Waals surface area contributed by atoms with Gasteiger partial charge in [0.15, 0.2) is 5.82 Å². The number of aryl methyl sites for hydroxylation is 1. The summed E-state index contributed by atoms with van der Waals surface area (Å²) in [5.74, 6) is 1.74. The van der Waals surface area contributed by atoms with Crippen LogP contribution in [0.15, 0.2) is 24.3 Å². The lowest BCUT2D eigenvalue weighted by Gasteiger charge is -2.21. The third-order valence-electron chi connectivity index (χ3n) is 2.82. The molecule has 1 heterocycles. The van der Waals surface area contributed by atoms with Gasteiger partial charge in [0.25, 0.3) is 0 Å². The number of hydrogen-bond acceptors (Lipinski definition) is 3. The molecular formula is C15H21N3O. The summed E-state index contributed by atoms with van der Waals surface area (Å²) < 4.78 is 5.19. The number of H-pyrrole nitrogens is 1. The number of nitrogens with zero attached hydrogens (tertiary/aromatic N) is 1. The Hall–Kier alpha value is -1.97. The summed E-state index contributed by atoms with van der Waals surface area (Å²) in [6.07, 6.45) is 0. The van der Waals surface area contributed by atoms with Gasteiger partial charge in [-0.05, 0) is 45.4 Å². The van der Waals surface area contributed by atoms with Crippen LogP contribution in [0, 0.1) is 6.92 Å². The largest absolute Gasteiger partial charge is 0.497 e. The Labute approximate surface area is 114 Å². The molecule has 2 N–H and O–H groups in total. The quantitative estimate of drug-likeness (QED) is 0.885. The summed E-state index contributed by atoms with van der Waals surface area (Å²) >= 11 is 0. The first kappa shape index (κ1) is 13.5. The summed E-state index contributed by atoms with van der Waals surface area (Å²) in [6, 6.07) is 8.01. The minimum absolute atomic E-state index is 0.0249. The second-order valence-electron chi connectivity index (χ2n) is 5.68. The zero-order valence-electron chi connectivity index (χ0n) is 12.2. The predicted octanol–water partition coefficient (Wildman–Crippen LogP) is 3.60. The second kappa shape index (κ2) is 4.96. The predicted molar refractivity (Wildman–Crippen MR) is 78.7 cm³/mol. The van der Waals surface area contributed by atoms with Crippen molar-refractivity contribution in [2.45, 2.75) is 33.2 Å². The normalized spacial score (nSPS) is 11.4. The van der Waals surface area contributed by atoms with Gasteiger partial charge >= 0.3 is 0 Å². The molecule has 0 unspecified atom stereocenters. The fourth-order valence-corrected chi connectivity index (χ4v) is 1.99. The number of rotatable bonds is 3. The Morgan fingerprint density at radius 1 is 1.16 bits per heavy atom. The van der Waals surface area contributed by atoms with Crippen LogP contribution >= 0.6 is 0 Å². The van der Waals surface area contributed by atoms with Crippen LogP contribution < -0.4 is 10.1 Å². The Morgan fingerprint density at radius 3 is 2.32 bits per heavy atom. The molecule has 2 aromatic rings. The van der Waals surface area contributed by atoms with Gasteiger partial charge in [0.05, 0.1) is 7.11 Å². The molecule has 4 heteroatoms. The maximum Gasteiger partial charge on any atom is 0.156 e. The molecule has 0 aliphatic rings. The number of nitrogens with one attached hydrogen (secondary N) is 2. The van der Waals surface area contributed by atoms with Gasteiger partial charge in [-0.15, -0.1) is 0 Å². The first-order chi connectivity index (χ1) is 8.90. The summed E-state index contributed by atoms with van der Waals surface area (Å²) in [5.41, 5.74) is 3.26. The molecule has 0 bridgehead atoms. The summed E-state index contributed by atoms with van der Waals surface area (Å²) in [6.45, 7) is 8.39. The van der Waals surface area contributed by atoms with E-state index < -0.39 is 0 Å². The first-order valence-electron chi connectivity index (χ1n) is 6.38. The van der Waals surface area contributed by atoms with E-state index in [0.29, 0.717) is 0 Å². The van der Waals surface area contributed by atoms with E-state index in [0.717, 1.165) is 28.4 Å². The minimum atomic E-state index is -0.0249. The fourth-order valence-electron chi connectivity index (χ4n) is 1.99. The van der Waals surface area contributed by atoms with E-state index in [1.54, 1.807) is 7.11 Å². The third kappa shape index (κ3) is 3.08. The molecule has 1 aromatic carbocycles. The number of benzene rings is 1. The van der Waals surface area contributed by atoms with E-state index in [9.17, 15) is 0 Å². The van der Waals surface area contributed by atoms with Crippen LogP contribution in [0.4, 0.5) is 5.82 Å². The third-order valence-corrected chi connectivity index (χ3v) is 2.82. The molecule has 19 heavy (non-hydrogen) atoms. The summed E-state index contributed by atoms with van der Waals surface area (Å²) in [7, 11) is 1.67. The van der Waals surface area contributed by atoms with Gasteiger partial charge in [0, 0.05) is 16.8 Å². The SMILES string of the molecule is COc1ccc(-c2c(NC(C)(C)C)n[nH]c2C)cc1. The number of methoxy groups -OCH3 is 1. The molecule has 0 saturated heterocycles. The molecule has 0 spiro atoms. The van der Waals surface area contributed by atoms with Crippen molar-refractivity contribution in [1.82, 2.24) is 10.2 Å². The molecular weight excluding hydrogens is 238 g/mol. The van der Waals surface area contributed by atoms with Gasteiger partial charge in [-0.3, -0.25) is 5.10 Å². The highest BCUT2D eigenvalue weighted by atomic mass is 16.5. The zero-order chi connectivity index (χ0) is 14.0. The van der Waals surface area contributed by atoms with E-state index in [-0.39, 0.29) is 5.54 Å². The lowest BCUT2D eigenvalue weighted by atomic mass is 10.0. The molecule has 0 aliphatic carbocycles. The monoisotopic (exact) mass is 259 g/mol. The Kier molecular flexibility index (Phi) is 3.51. The molecule has 2 rings (SSSR count). The molecule has 0 atom stereocenters. The van der Waals surface area contributed by atoms with Crippen molar-refractivity contribution in [3.05, 3.63) is 30.0 Å². The van der Waals surface area contributed by atoms with Gasteiger partial charge in [-0.2, -0.15) is 5.10 Å². The van der Waals surface area contributed by atoms with E-state index >= 15 is 0 Å². The van der Waals surface area contributed by atoms with Crippen LogP contribution in [0.1, 0.15) is 26.5 Å². The van der Waals surface area contributed by atoms with E-state index in [2.05, 4.69) is 36.3 Å². The van der Waals surface area contributed by atoms with Gasteiger partial charge in [-0.25, -0.2) is 0 Å². The van der Waals surface area contributed by atoms with Gasteiger partial charge in [-0.1, -0.05) is 12.1 Å². The van der Waals surface area contributed by atoms with Crippen molar-refractivity contribution in [3.63, 3.8) is 0 Å². The molecule has 1 aromatic heterocycles. The topological polar surface area (TPSA) is 49.9 Å². The van der Waals surface area contributed by atoms with Crippen molar-refractivity contribution < 1.29 is 4.74 Å². The molecule has 0 radical (unpaired) electrons. The smallest absolute Gasteiger partial charge is 0.156 e. The van der Waals surface area contributed by atoms with Crippen molar-refractivity contribution in [2.75, 3.05) is 12.4 Å². The summed E-state index contributed by atoms with van der Waals surface area (Å²) in [5, 5.41) is 10.8. The lowest BCUT2D eigenvalue weighted by molar-refractivity contribution is 0.415. The Balaban J connectivity index is 2.40. The molecule has 0 saturated carbocycles. The average Bonchev–Trinajstić information content (AvgIpc) is 2.68. The van der Waals surface area contributed by atoms with Gasteiger partial charge < -0.3 is 10.1 Å². The minimum Gasteiger partial charge on any atom is -0.497 e. The van der Waals surface area contributed by atoms with E-state index in [1.165, 1.54) is 0 Å². The van der Waals surface area contributed by atoms with Crippen LogP contribution in [0.5, 0.6) is 5.75 Å². The molecule has 0 amide bonds. The average molecular weight is 259 g/mol. The van der Waals surface area contributed by atoms with E-state index in [4.69, 9.17) is 4.74 Å². The number of aromatic nitrogens is 2. The van der Waals surface area contributed by atoms with Crippen molar-refractivity contribution in [2.24, 2.45) is 0 Å². The number of aromatic amines is 1. The molecule has 102 valence electrons.